The molecule has 1 aliphatic heterocycles. The average Bonchev–Trinajstić information content (AvgIpc) is 2.56. The molecule has 1 saturated heterocycles. The quantitative estimate of drug-likeness (QED) is 0.369. The zero-order valence-corrected chi connectivity index (χ0v) is 13.2. The molecule has 1 aromatic carbocycles. The van der Waals surface area contributed by atoms with Gasteiger partial charge in [0.15, 0.2) is 0 Å². The third-order valence-electron chi connectivity index (χ3n) is 3.81. The van der Waals surface area contributed by atoms with Crippen LogP contribution in [0.2, 0.25) is 0 Å². The van der Waals surface area contributed by atoms with Crippen LogP contribution in [0.15, 0.2) is 29.6 Å². The van der Waals surface area contributed by atoms with E-state index in [0.717, 1.165) is 0 Å². The monoisotopic (exact) mass is 330 g/mol. The maximum atomic E-state index is 12.4. The molecule has 1 fully saturated rings. The minimum Gasteiger partial charge on any atom is -0.370 e. The fraction of sp³-hybridized carbons (Fsp3) is 0.375. The lowest BCUT2D eigenvalue weighted by Crippen LogP contribution is -2.74. The van der Waals surface area contributed by atoms with Gasteiger partial charge in [0.2, 0.25) is 0 Å². The van der Waals surface area contributed by atoms with Gasteiger partial charge in [0.05, 0.1) is 5.29 Å². The predicted molar refractivity (Wildman–Crippen MR) is 86.8 cm³/mol. The van der Waals surface area contributed by atoms with Gasteiger partial charge in [-0.3, -0.25) is 9.59 Å². The Morgan fingerprint density at radius 1 is 1.42 bits per heavy atom. The number of carbonyl (C=O) groups excluding carboxylic acids is 2. The summed E-state index contributed by atoms with van der Waals surface area (Å²) < 4.78 is 5.66. The molecule has 0 spiro atoms. The van der Waals surface area contributed by atoms with Crippen molar-refractivity contribution in [2.45, 2.75) is 18.6 Å². The number of hydrogen-bond donors (Lipinski definition) is 3. The van der Waals surface area contributed by atoms with Crippen molar-refractivity contribution in [2.75, 3.05) is 19.7 Å². The van der Waals surface area contributed by atoms with Crippen LogP contribution >= 0.6 is 0 Å². The van der Waals surface area contributed by atoms with E-state index in [-0.39, 0.29) is 0 Å². The molecule has 0 saturated carbocycles. The number of ether oxygens (including phenoxy) is 1. The number of nitroso groups, excluding NO2 is 1. The molecule has 126 valence electrons. The van der Waals surface area contributed by atoms with Crippen LogP contribution in [0, 0.1) is 17.3 Å². The Balaban J connectivity index is 2.20. The Labute approximate surface area is 139 Å². The van der Waals surface area contributed by atoms with Gasteiger partial charge in [-0.05, 0) is 31.2 Å². The molecule has 2 amide bonds. The number of amides is 2. The minimum absolute atomic E-state index is 0.338. The van der Waals surface area contributed by atoms with Gasteiger partial charge in [-0.2, -0.15) is 0 Å². The number of hydrogen-bond acceptors (Lipinski definition) is 6. The maximum absolute atomic E-state index is 12.4. The smallest absolute Gasteiger partial charge is 0.268 e. The summed E-state index contributed by atoms with van der Waals surface area (Å²) in [6, 6.07) is 5.31. The third kappa shape index (κ3) is 3.59. The summed E-state index contributed by atoms with van der Waals surface area (Å²) in [5.41, 5.74) is 1.89. The first kappa shape index (κ1) is 17.6. The molecule has 0 bridgehead atoms. The van der Waals surface area contributed by atoms with Gasteiger partial charge in [0, 0.05) is 30.8 Å². The van der Waals surface area contributed by atoms with E-state index in [4.69, 9.17) is 11.2 Å². The highest BCUT2D eigenvalue weighted by atomic mass is 16.5. The van der Waals surface area contributed by atoms with Crippen LogP contribution in [0.1, 0.15) is 22.8 Å². The standard InChI is InChI=1S/C16H18N4O4/c1-3-11-5-7-12(8-6-11)14(21)18-13(15(22)19-20-23)16(24-4-2)9-17-10-16/h1,5-8,13,17H,4,9-10H2,2H3,(H,18,21)(H,19,22,23). The summed E-state index contributed by atoms with van der Waals surface area (Å²) in [7, 11) is 0. The van der Waals surface area contributed by atoms with Gasteiger partial charge in [-0.15, -0.1) is 11.3 Å². The van der Waals surface area contributed by atoms with Crippen LogP contribution in [0.5, 0.6) is 0 Å². The molecule has 0 aromatic heterocycles. The molecule has 0 radical (unpaired) electrons. The minimum atomic E-state index is -1.06. The van der Waals surface area contributed by atoms with Gasteiger partial charge in [0.1, 0.15) is 11.6 Å². The lowest BCUT2D eigenvalue weighted by molar-refractivity contribution is -0.141. The first-order valence-corrected chi connectivity index (χ1v) is 7.40. The van der Waals surface area contributed by atoms with E-state index in [9.17, 15) is 14.5 Å². The van der Waals surface area contributed by atoms with Crippen molar-refractivity contribution >= 4 is 11.8 Å². The largest absolute Gasteiger partial charge is 0.370 e. The van der Waals surface area contributed by atoms with Crippen molar-refractivity contribution in [3.63, 3.8) is 0 Å². The highest BCUT2D eigenvalue weighted by molar-refractivity contribution is 5.98. The maximum Gasteiger partial charge on any atom is 0.268 e. The molecule has 1 aliphatic rings. The Morgan fingerprint density at radius 3 is 2.54 bits per heavy atom. The first-order valence-electron chi connectivity index (χ1n) is 7.40. The summed E-state index contributed by atoms with van der Waals surface area (Å²) in [6.45, 7) is 2.88. The van der Waals surface area contributed by atoms with Crippen molar-refractivity contribution in [1.29, 1.82) is 0 Å². The number of rotatable bonds is 7. The van der Waals surface area contributed by atoms with Gasteiger partial charge >= 0.3 is 0 Å². The molecule has 8 nitrogen and oxygen atoms in total. The number of benzene rings is 1. The summed E-state index contributed by atoms with van der Waals surface area (Å²) in [4.78, 5) is 35.0. The number of nitrogens with zero attached hydrogens (tertiary/aromatic N) is 1. The van der Waals surface area contributed by atoms with Crippen LogP contribution in [0.25, 0.3) is 0 Å². The molecule has 2 rings (SSSR count). The van der Waals surface area contributed by atoms with Crippen molar-refractivity contribution in [1.82, 2.24) is 16.1 Å². The molecule has 1 aromatic rings. The van der Waals surface area contributed by atoms with Gasteiger partial charge in [0.25, 0.3) is 11.8 Å². The predicted octanol–water partition coefficient (Wildman–Crippen LogP) is -0.0576. The lowest BCUT2D eigenvalue weighted by atomic mass is 9.86. The van der Waals surface area contributed by atoms with Gasteiger partial charge in [-0.1, -0.05) is 5.92 Å². The molecular weight excluding hydrogens is 312 g/mol. The second-order valence-electron chi connectivity index (χ2n) is 5.30. The van der Waals surface area contributed by atoms with Crippen molar-refractivity contribution in [3.05, 3.63) is 40.3 Å². The summed E-state index contributed by atoms with van der Waals surface area (Å²) >= 11 is 0. The molecule has 1 unspecified atom stereocenters. The van der Waals surface area contributed by atoms with Crippen molar-refractivity contribution < 1.29 is 14.3 Å². The Bertz CT molecular complexity index is 662. The van der Waals surface area contributed by atoms with Crippen LogP contribution in [0.4, 0.5) is 0 Å². The van der Waals surface area contributed by atoms with Crippen LogP contribution in [-0.4, -0.2) is 43.2 Å². The summed E-state index contributed by atoms with van der Waals surface area (Å²) in [6.07, 6.45) is 5.28. The van der Waals surface area contributed by atoms with E-state index >= 15 is 0 Å². The molecule has 1 heterocycles. The summed E-state index contributed by atoms with van der Waals surface area (Å²) in [5, 5.41) is 8.01. The zero-order valence-electron chi connectivity index (χ0n) is 13.2. The highest BCUT2D eigenvalue weighted by Crippen LogP contribution is 2.22. The van der Waals surface area contributed by atoms with E-state index in [2.05, 4.69) is 21.8 Å². The molecular formula is C16H18N4O4. The van der Waals surface area contributed by atoms with E-state index < -0.39 is 23.5 Å². The van der Waals surface area contributed by atoms with Gasteiger partial charge < -0.3 is 15.4 Å². The SMILES string of the molecule is C#Cc1ccc(C(=O)NC(C(=O)NN=O)C2(OCC)CNC2)cc1. The molecule has 3 N–H and O–H groups in total. The average molecular weight is 330 g/mol. The van der Waals surface area contributed by atoms with Crippen LogP contribution < -0.4 is 16.1 Å². The zero-order chi connectivity index (χ0) is 17.6. The molecule has 0 aliphatic carbocycles. The molecule has 8 heteroatoms. The lowest BCUT2D eigenvalue weighted by Gasteiger charge is -2.46. The van der Waals surface area contributed by atoms with Crippen LogP contribution in [-0.2, 0) is 9.53 Å². The second kappa shape index (κ2) is 7.68. The summed E-state index contributed by atoms with van der Waals surface area (Å²) in [5.74, 6) is 1.25. The Morgan fingerprint density at radius 2 is 2.08 bits per heavy atom. The fourth-order valence-corrected chi connectivity index (χ4v) is 2.53. The second-order valence-corrected chi connectivity index (χ2v) is 5.30. The van der Waals surface area contributed by atoms with E-state index in [1.54, 1.807) is 31.2 Å². The third-order valence-corrected chi connectivity index (χ3v) is 3.81. The number of nitrogens with one attached hydrogen (secondary N) is 3. The molecule has 24 heavy (non-hydrogen) atoms. The van der Waals surface area contributed by atoms with E-state index in [0.29, 0.717) is 30.8 Å². The topological polar surface area (TPSA) is 109 Å². The van der Waals surface area contributed by atoms with Crippen molar-refractivity contribution in [3.8, 4) is 12.3 Å². The van der Waals surface area contributed by atoms with Gasteiger partial charge in [-0.25, -0.2) is 5.43 Å². The Hall–Kier alpha value is -2.76. The molecule has 1 atom stereocenters. The fourth-order valence-electron chi connectivity index (χ4n) is 2.53. The van der Waals surface area contributed by atoms with E-state index in [1.807, 2.05) is 5.43 Å². The van der Waals surface area contributed by atoms with Crippen LogP contribution in [0.3, 0.4) is 0 Å². The highest BCUT2D eigenvalue weighted by Gasteiger charge is 2.50. The normalized spacial score (nSPS) is 16.2. The van der Waals surface area contributed by atoms with E-state index in [1.165, 1.54) is 0 Å². The van der Waals surface area contributed by atoms with Crippen molar-refractivity contribution in [2.24, 2.45) is 5.29 Å². The number of carbonyl (C=O) groups is 2. The first-order chi connectivity index (χ1) is 11.6. The number of terminal acetylenes is 1. The Kier molecular flexibility index (Phi) is 5.63.